The lowest BCUT2D eigenvalue weighted by molar-refractivity contribution is 0.0139. The van der Waals surface area contributed by atoms with Crippen molar-refractivity contribution >= 4 is 17.2 Å². The van der Waals surface area contributed by atoms with Gasteiger partial charge in [0.1, 0.15) is 0 Å². The van der Waals surface area contributed by atoms with Crippen LogP contribution in [0.3, 0.4) is 0 Å². The van der Waals surface area contributed by atoms with Gasteiger partial charge >= 0.3 is 0 Å². The fourth-order valence-corrected chi connectivity index (χ4v) is 2.90. The highest BCUT2D eigenvalue weighted by Gasteiger charge is 2.31. The van der Waals surface area contributed by atoms with Crippen molar-refractivity contribution in [3.8, 4) is 0 Å². The zero-order chi connectivity index (χ0) is 12.3. The van der Waals surface area contributed by atoms with Crippen LogP contribution in [0, 0.1) is 0 Å². The Morgan fingerprint density at radius 1 is 1.71 bits per heavy atom. The van der Waals surface area contributed by atoms with Crippen LogP contribution in [-0.2, 0) is 4.74 Å². The van der Waals surface area contributed by atoms with Gasteiger partial charge in [-0.25, -0.2) is 0 Å². The molecular weight excluding hydrogens is 236 g/mol. The monoisotopic (exact) mass is 254 g/mol. The zero-order valence-electron chi connectivity index (χ0n) is 9.96. The summed E-state index contributed by atoms with van der Waals surface area (Å²) in [7, 11) is 1.72. The lowest BCUT2D eigenvalue weighted by atomic mass is 9.98. The molecule has 1 aliphatic heterocycles. The summed E-state index contributed by atoms with van der Waals surface area (Å²) in [6.45, 7) is 1.23. The number of carbonyl (C=O) groups is 1. The molecule has 17 heavy (non-hydrogen) atoms. The number of hydrogen-bond donors (Lipinski definition) is 1. The van der Waals surface area contributed by atoms with Gasteiger partial charge in [-0.15, -0.1) is 0 Å². The number of nitrogens with two attached hydrogens (primary N) is 1. The number of carbonyl (C=O) groups excluding carboxylic acids is 1. The average Bonchev–Trinajstić information content (AvgIpc) is 2.91. The quantitative estimate of drug-likeness (QED) is 0.885. The van der Waals surface area contributed by atoms with E-state index in [9.17, 15) is 4.79 Å². The van der Waals surface area contributed by atoms with E-state index in [2.05, 4.69) is 0 Å². The molecule has 4 nitrogen and oxygen atoms in total. The molecular formula is C12H18N2O2S. The highest BCUT2D eigenvalue weighted by atomic mass is 32.1. The lowest BCUT2D eigenvalue weighted by Gasteiger charge is -2.38. The Bertz CT molecular complexity index is 367. The molecule has 0 radical (unpaired) electrons. The third kappa shape index (κ3) is 2.68. The minimum Gasteiger partial charge on any atom is -0.381 e. The maximum Gasteiger partial charge on any atom is 0.254 e. The van der Waals surface area contributed by atoms with Crippen LogP contribution in [0.1, 0.15) is 23.2 Å². The summed E-state index contributed by atoms with van der Waals surface area (Å²) in [5.74, 6) is 0.0938. The van der Waals surface area contributed by atoms with Crippen LogP contribution in [-0.4, -0.2) is 43.2 Å². The third-order valence-electron chi connectivity index (χ3n) is 3.30. The number of piperidine rings is 1. The second-order valence-corrected chi connectivity index (χ2v) is 5.06. The first kappa shape index (κ1) is 12.5. The molecule has 2 N–H and O–H groups in total. The Balaban J connectivity index is 2.07. The van der Waals surface area contributed by atoms with Gasteiger partial charge < -0.3 is 15.4 Å². The maximum absolute atomic E-state index is 12.3. The molecule has 1 aliphatic rings. The first-order valence-electron chi connectivity index (χ1n) is 5.82. The number of likely N-dealkylation sites (tertiary alicyclic amines) is 1. The molecule has 1 saturated heterocycles. The van der Waals surface area contributed by atoms with Crippen molar-refractivity contribution in [3.63, 3.8) is 0 Å². The van der Waals surface area contributed by atoms with E-state index in [0.717, 1.165) is 24.9 Å². The van der Waals surface area contributed by atoms with E-state index >= 15 is 0 Å². The largest absolute Gasteiger partial charge is 0.381 e. The zero-order valence-corrected chi connectivity index (χ0v) is 10.8. The number of amides is 1. The molecule has 94 valence electrons. The first-order chi connectivity index (χ1) is 8.26. The number of nitrogens with zero attached hydrogens (tertiary/aromatic N) is 1. The fraction of sp³-hybridized carbons (Fsp3) is 0.583. The summed E-state index contributed by atoms with van der Waals surface area (Å²) in [4.78, 5) is 14.1. The van der Waals surface area contributed by atoms with Gasteiger partial charge in [-0.05, 0) is 24.3 Å². The van der Waals surface area contributed by atoms with Crippen molar-refractivity contribution < 1.29 is 9.53 Å². The van der Waals surface area contributed by atoms with Crippen LogP contribution in [0.5, 0.6) is 0 Å². The van der Waals surface area contributed by atoms with Crippen molar-refractivity contribution in [3.05, 3.63) is 22.4 Å². The molecule has 1 fully saturated rings. The van der Waals surface area contributed by atoms with Crippen LogP contribution in [0.2, 0.25) is 0 Å². The van der Waals surface area contributed by atoms with Crippen molar-refractivity contribution in [1.29, 1.82) is 0 Å². The highest BCUT2D eigenvalue weighted by Crippen LogP contribution is 2.22. The normalized spacial score (nSPS) is 24.9. The van der Waals surface area contributed by atoms with Gasteiger partial charge in [0.2, 0.25) is 0 Å². The van der Waals surface area contributed by atoms with Crippen LogP contribution >= 0.6 is 11.3 Å². The molecule has 2 heterocycles. The molecule has 0 bridgehead atoms. The molecule has 2 atom stereocenters. The highest BCUT2D eigenvalue weighted by molar-refractivity contribution is 7.08. The number of ether oxygens (including phenoxy) is 1. The van der Waals surface area contributed by atoms with E-state index in [4.69, 9.17) is 10.5 Å². The maximum atomic E-state index is 12.3. The summed E-state index contributed by atoms with van der Waals surface area (Å²) < 4.78 is 5.35. The van der Waals surface area contributed by atoms with Crippen molar-refractivity contribution in [2.24, 2.45) is 5.73 Å². The predicted octanol–water partition coefficient (Wildman–Crippen LogP) is 1.33. The number of rotatable bonds is 3. The number of thiophene rings is 1. The van der Waals surface area contributed by atoms with Crippen LogP contribution in [0.25, 0.3) is 0 Å². The van der Waals surface area contributed by atoms with Crippen LogP contribution in [0.15, 0.2) is 16.8 Å². The molecule has 0 unspecified atom stereocenters. The Labute approximate surface area is 105 Å². The Hall–Kier alpha value is -0.910. The van der Waals surface area contributed by atoms with Crippen molar-refractivity contribution in [1.82, 2.24) is 4.90 Å². The van der Waals surface area contributed by atoms with Gasteiger partial charge in [-0.1, -0.05) is 0 Å². The molecule has 2 rings (SSSR count). The molecule has 0 aromatic carbocycles. The first-order valence-corrected chi connectivity index (χ1v) is 6.76. The summed E-state index contributed by atoms with van der Waals surface area (Å²) in [5.41, 5.74) is 6.52. The summed E-state index contributed by atoms with van der Waals surface area (Å²) in [5, 5.41) is 3.81. The van der Waals surface area contributed by atoms with E-state index < -0.39 is 0 Å². The van der Waals surface area contributed by atoms with Gasteiger partial charge in [0.15, 0.2) is 0 Å². The Kier molecular flexibility index (Phi) is 4.15. The number of hydrogen-bond acceptors (Lipinski definition) is 4. The van der Waals surface area contributed by atoms with Gasteiger partial charge in [0.25, 0.3) is 5.91 Å². The molecule has 0 aliphatic carbocycles. The third-order valence-corrected chi connectivity index (χ3v) is 3.99. The van der Waals surface area contributed by atoms with Crippen LogP contribution in [0.4, 0.5) is 0 Å². The molecule has 1 aromatic rings. The van der Waals surface area contributed by atoms with Gasteiger partial charge in [0, 0.05) is 31.6 Å². The van der Waals surface area contributed by atoms with Gasteiger partial charge in [0.05, 0.1) is 11.7 Å². The fourth-order valence-electron chi connectivity index (χ4n) is 2.27. The van der Waals surface area contributed by atoms with Gasteiger partial charge in [-0.2, -0.15) is 11.3 Å². The predicted molar refractivity (Wildman–Crippen MR) is 68.2 cm³/mol. The van der Waals surface area contributed by atoms with E-state index in [1.165, 1.54) is 0 Å². The van der Waals surface area contributed by atoms with Crippen molar-refractivity contribution in [2.45, 2.75) is 25.0 Å². The summed E-state index contributed by atoms with van der Waals surface area (Å²) in [6.07, 6.45) is 1.96. The Morgan fingerprint density at radius 3 is 3.12 bits per heavy atom. The summed E-state index contributed by atoms with van der Waals surface area (Å²) in [6, 6.07) is 1.96. The smallest absolute Gasteiger partial charge is 0.254 e. The lowest BCUT2D eigenvalue weighted by Crippen LogP contribution is -2.51. The minimum absolute atomic E-state index is 0.0938. The molecule has 0 spiro atoms. The second kappa shape index (κ2) is 5.62. The molecule has 1 aromatic heterocycles. The van der Waals surface area contributed by atoms with E-state index in [0.29, 0.717) is 6.54 Å². The summed E-state index contributed by atoms with van der Waals surface area (Å²) >= 11 is 1.54. The van der Waals surface area contributed by atoms with E-state index in [-0.39, 0.29) is 18.1 Å². The van der Waals surface area contributed by atoms with E-state index in [1.807, 2.05) is 21.7 Å². The second-order valence-electron chi connectivity index (χ2n) is 4.28. The van der Waals surface area contributed by atoms with Crippen LogP contribution < -0.4 is 5.73 Å². The molecule has 0 saturated carbocycles. The molecule has 5 heteroatoms. The Morgan fingerprint density at radius 2 is 2.53 bits per heavy atom. The number of methoxy groups -OCH3 is 1. The van der Waals surface area contributed by atoms with E-state index in [1.54, 1.807) is 18.4 Å². The van der Waals surface area contributed by atoms with Crippen molar-refractivity contribution in [2.75, 3.05) is 20.2 Å². The standard InChI is InChI=1S/C12H18N2O2S/c1-16-11-2-4-14(10(6-11)7-13)12(15)9-3-5-17-8-9/h3,5,8,10-11H,2,4,6-7,13H2,1H3/t10-,11+/m1/s1. The SMILES string of the molecule is CO[C@H]1CCN(C(=O)c2ccsc2)[C@@H](CN)C1. The minimum atomic E-state index is 0.0938. The average molecular weight is 254 g/mol. The topological polar surface area (TPSA) is 55.6 Å². The molecule has 1 amide bonds. The van der Waals surface area contributed by atoms with Gasteiger partial charge in [-0.3, -0.25) is 4.79 Å².